The van der Waals surface area contributed by atoms with Crippen LogP contribution in [0.5, 0.6) is 0 Å². The molecule has 3 rings (SSSR count). The standard InChI is InChI=1S/C23H24FN3O/c1-4-17(5-2)19-10-11-21(25-14-19)27-13-12-26(22(27)16-28)15-20-9-7-8-18(6-3)23(20)24/h4-5,7-11,14H,1,6,12-13,15H2,2-3H3/b17-5+. The maximum atomic E-state index is 14.6. The highest BCUT2D eigenvalue weighted by Gasteiger charge is 2.28. The first-order valence-corrected chi connectivity index (χ1v) is 9.41. The van der Waals surface area contributed by atoms with Crippen LogP contribution in [-0.2, 0) is 17.8 Å². The molecule has 0 aliphatic carbocycles. The van der Waals surface area contributed by atoms with Crippen molar-refractivity contribution in [1.29, 1.82) is 0 Å². The third-order valence-electron chi connectivity index (χ3n) is 5.03. The van der Waals surface area contributed by atoms with Crippen LogP contribution in [0.2, 0.25) is 0 Å². The molecular weight excluding hydrogens is 353 g/mol. The average Bonchev–Trinajstić information content (AvgIpc) is 3.13. The zero-order valence-electron chi connectivity index (χ0n) is 16.3. The fourth-order valence-electron chi connectivity index (χ4n) is 3.45. The minimum absolute atomic E-state index is 0.195. The number of hydrogen-bond acceptors (Lipinski definition) is 4. The molecule has 1 aromatic heterocycles. The van der Waals surface area contributed by atoms with Gasteiger partial charge < -0.3 is 9.80 Å². The van der Waals surface area contributed by atoms with Gasteiger partial charge in [-0.2, -0.15) is 0 Å². The molecule has 0 bridgehead atoms. The molecule has 0 N–H and O–H groups in total. The Hall–Kier alpha value is -3.17. The first kappa shape index (κ1) is 19.6. The number of aromatic nitrogens is 1. The van der Waals surface area contributed by atoms with E-state index in [4.69, 9.17) is 0 Å². The number of carbonyl (C=O) groups excluding carboxylic acids is 1. The Bertz CT molecular complexity index is 943. The number of benzene rings is 1. The molecule has 1 aliphatic heterocycles. The Morgan fingerprint density at radius 1 is 1.29 bits per heavy atom. The van der Waals surface area contributed by atoms with Gasteiger partial charge in [-0.25, -0.2) is 14.2 Å². The Balaban J connectivity index is 1.81. The number of hydrogen-bond donors (Lipinski definition) is 0. The fraction of sp³-hybridized carbons (Fsp3) is 0.261. The second-order valence-electron chi connectivity index (χ2n) is 6.60. The normalized spacial score (nSPS) is 14.4. The van der Waals surface area contributed by atoms with Crippen LogP contribution in [0, 0.1) is 5.82 Å². The molecule has 1 aliphatic rings. The van der Waals surface area contributed by atoms with Crippen molar-refractivity contribution in [1.82, 2.24) is 9.88 Å². The van der Waals surface area contributed by atoms with Crippen LogP contribution in [0.1, 0.15) is 30.5 Å². The third kappa shape index (κ3) is 3.75. The molecule has 28 heavy (non-hydrogen) atoms. The second-order valence-corrected chi connectivity index (χ2v) is 6.60. The summed E-state index contributed by atoms with van der Waals surface area (Å²) in [5.41, 5.74) is 3.23. The van der Waals surface area contributed by atoms with E-state index in [0.29, 0.717) is 48.8 Å². The molecule has 144 valence electrons. The molecule has 1 aromatic carbocycles. The van der Waals surface area contributed by atoms with Crippen LogP contribution in [0.3, 0.4) is 0 Å². The highest BCUT2D eigenvalue weighted by atomic mass is 19.1. The van der Waals surface area contributed by atoms with E-state index in [1.54, 1.807) is 24.4 Å². The maximum Gasteiger partial charge on any atom is 0.197 e. The van der Waals surface area contributed by atoms with E-state index < -0.39 is 0 Å². The van der Waals surface area contributed by atoms with E-state index in [1.165, 1.54) is 0 Å². The lowest BCUT2D eigenvalue weighted by Crippen LogP contribution is -2.24. The van der Waals surface area contributed by atoms with E-state index in [-0.39, 0.29) is 5.82 Å². The van der Waals surface area contributed by atoms with E-state index in [1.807, 2.05) is 53.9 Å². The SMILES string of the molecule is C=C/C(=C\C)c1ccc(N2CCN(Cc3cccc(CC)c3F)C2=C=O)nc1. The zero-order valence-corrected chi connectivity index (χ0v) is 16.3. The molecule has 2 heterocycles. The third-order valence-corrected chi connectivity index (χ3v) is 5.03. The molecule has 0 radical (unpaired) electrons. The van der Waals surface area contributed by atoms with Gasteiger partial charge in [0.2, 0.25) is 0 Å². The molecule has 0 saturated carbocycles. The predicted octanol–water partition coefficient (Wildman–Crippen LogP) is 4.37. The van der Waals surface area contributed by atoms with Crippen LogP contribution in [0.4, 0.5) is 10.2 Å². The molecule has 1 saturated heterocycles. The molecule has 1 fully saturated rings. The largest absolute Gasteiger partial charge is 0.342 e. The summed E-state index contributed by atoms with van der Waals surface area (Å²) >= 11 is 0. The minimum atomic E-state index is -0.195. The Morgan fingerprint density at radius 2 is 2.07 bits per heavy atom. The predicted molar refractivity (Wildman–Crippen MR) is 111 cm³/mol. The number of halogens is 1. The first-order chi connectivity index (χ1) is 13.6. The van der Waals surface area contributed by atoms with Crippen molar-refractivity contribution in [3.63, 3.8) is 0 Å². The smallest absolute Gasteiger partial charge is 0.197 e. The summed E-state index contributed by atoms with van der Waals surface area (Å²) in [5.74, 6) is 2.88. The summed E-state index contributed by atoms with van der Waals surface area (Å²) in [7, 11) is 0. The summed E-state index contributed by atoms with van der Waals surface area (Å²) in [6, 6.07) is 9.24. The molecule has 4 nitrogen and oxygen atoms in total. The summed E-state index contributed by atoms with van der Waals surface area (Å²) in [6.45, 7) is 9.22. The number of rotatable bonds is 6. The fourth-order valence-corrected chi connectivity index (χ4v) is 3.45. The molecule has 0 amide bonds. The minimum Gasteiger partial charge on any atom is -0.342 e. The van der Waals surface area contributed by atoms with Crippen molar-refractivity contribution in [2.24, 2.45) is 0 Å². The summed E-state index contributed by atoms with van der Waals surface area (Å²) in [4.78, 5) is 19.8. The van der Waals surface area contributed by atoms with E-state index in [0.717, 1.165) is 11.1 Å². The Kier molecular flexibility index (Phi) is 6.07. The van der Waals surface area contributed by atoms with Crippen molar-refractivity contribution in [2.75, 3.05) is 18.0 Å². The van der Waals surface area contributed by atoms with Gasteiger partial charge >= 0.3 is 0 Å². The first-order valence-electron chi connectivity index (χ1n) is 9.41. The van der Waals surface area contributed by atoms with Crippen molar-refractivity contribution in [3.8, 4) is 0 Å². The monoisotopic (exact) mass is 377 g/mol. The lowest BCUT2D eigenvalue weighted by atomic mass is 10.1. The van der Waals surface area contributed by atoms with Gasteiger partial charge in [-0.1, -0.05) is 43.9 Å². The number of anilines is 1. The topological polar surface area (TPSA) is 36.4 Å². The van der Waals surface area contributed by atoms with Gasteiger partial charge in [-0.05, 0) is 42.2 Å². The summed E-state index contributed by atoms with van der Waals surface area (Å²) < 4.78 is 14.6. The second kappa shape index (κ2) is 8.68. The molecule has 0 unspecified atom stereocenters. The lowest BCUT2D eigenvalue weighted by Gasteiger charge is -2.21. The summed E-state index contributed by atoms with van der Waals surface area (Å²) in [5, 5.41) is 0. The van der Waals surface area contributed by atoms with Crippen LogP contribution < -0.4 is 4.90 Å². The van der Waals surface area contributed by atoms with Gasteiger partial charge in [0.15, 0.2) is 11.8 Å². The highest BCUT2D eigenvalue weighted by Crippen LogP contribution is 2.27. The van der Waals surface area contributed by atoms with E-state index >= 15 is 0 Å². The maximum absolute atomic E-state index is 14.6. The van der Waals surface area contributed by atoms with Crippen molar-refractivity contribution in [3.05, 3.63) is 83.6 Å². The highest BCUT2D eigenvalue weighted by molar-refractivity contribution is 5.73. The van der Waals surface area contributed by atoms with Gasteiger partial charge in [-0.15, -0.1) is 0 Å². The number of nitrogens with zero attached hydrogens (tertiary/aromatic N) is 3. The summed E-state index contributed by atoms with van der Waals surface area (Å²) in [6.07, 6.45) is 6.15. The Morgan fingerprint density at radius 3 is 2.68 bits per heavy atom. The van der Waals surface area contributed by atoms with Crippen LogP contribution >= 0.6 is 0 Å². The van der Waals surface area contributed by atoms with Crippen molar-refractivity contribution < 1.29 is 9.18 Å². The quantitative estimate of drug-likeness (QED) is 0.553. The van der Waals surface area contributed by atoms with Crippen LogP contribution in [0.25, 0.3) is 5.57 Å². The Labute approximate surface area is 165 Å². The van der Waals surface area contributed by atoms with Gasteiger partial charge in [0.1, 0.15) is 11.6 Å². The van der Waals surface area contributed by atoms with Crippen molar-refractivity contribution >= 4 is 17.3 Å². The van der Waals surface area contributed by atoms with Gasteiger partial charge in [0.25, 0.3) is 0 Å². The van der Waals surface area contributed by atoms with E-state index in [9.17, 15) is 9.18 Å². The lowest BCUT2D eigenvalue weighted by molar-refractivity contribution is 0.382. The number of aryl methyl sites for hydroxylation is 1. The van der Waals surface area contributed by atoms with E-state index in [2.05, 4.69) is 11.6 Å². The van der Waals surface area contributed by atoms with Gasteiger partial charge in [0, 0.05) is 31.4 Å². The molecule has 0 atom stereocenters. The number of allylic oxidation sites excluding steroid dienone is 3. The average molecular weight is 377 g/mol. The molecular formula is C23H24FN3O. The molecule has 2 aromatic rings. The van der Waals surface area contributed by atoms with Crippen molar-refractivity contribution in [2.45, 2.75) is 26.8 Å². The van der Waals surface area contributed by atoms with Gasteiger partial charge in [-0.3, -0.25) is 0 Å². The zero-order chi connectivity index (χ0) is 20.1. The molecule has 5 heteroatoms. The van der Waals surface area contributed by atoms with Crippen LogP contribution in [-0.4, -0.2) is 28.9 Å². The van der Waals surface area contributed by atoms with Crippen LogP contribution in [0.15, 0.2) is 61.1 Å². The molecule has 0 spiro atoms. The number of pyridine rings is 1. The van der Waals surface area contributed by atoms with Gasteiger partial charge in [0.05, 0.1) is 0 Å².